The van der Waals surface area contributed by atoms with Crippen molar-refractivity contribution in [2.24, 2.45) is 0 Å². The average molecular weight is 284 g/mol. The minimum atomic E-state index is -0.332. The molecule has 2 N–H and O–H groups in total. The first-order valence-electron chi connectivity index (χ1n) is 6.57. The van der Waals surface area contributed by atoms with Gasteiger partial charge in [0.05, 0.1) is 12.2 Å². The van der Waals surface area contributed by atoms with E-state index in [1.165, 1.54) is 18.2 Å². The number of carbonyl (C=O) groups is 1. The van der Waals surface area contributed by atoms with Crippen LogP contribution in [-0.2, 0) is 0 Å². The number of hydrogen-bond acceptors (Lipinski definition) is 4. The molecular weight excluding hydrogens is 268 g/mol. The quantitative estimate of drug-likeness (QED) is 0.652. The minimum absolute atomic E-state index is 0.0838. The molecule has 0 saturated heterocycles. The van der Waals surface area contributed by atoms with Gasteiger partial charge in [-0.3, -0.25) is 4.79 Å². The van der Waals surface area contributed by atoms with E-state index in [0.29, 0.717) is 6.61 Å². The Kier molecular flexibility index (Phi) is 4.61. The fourth-order valence-corrected chi connectivity index (χ4v) is 1.83. The largest absolute Gasteiger partial charge is 0.508 e. The van der Waals surface area contributed by atoms with Gasteiger partial charge in [-0.15, -0.1) is 0 Å². The van der Waals surface area contributed by atoms with Crippen LogP contribution in [0.25, 0.3) is 6.08 Å². The summed E-state index contributed by atoms with van der Waals surface area (Å²) < 4.78 is 5.33. The fraction of sp³-hybridized carbons (Fsp3) is 0.118. The van der Waals surface area contributed by atoms with E-state index in [1.54, 1.807) is 6.08 Å². The molecule has 0 aromatic heterocycles. The summed E-state index contributed by atoms with van der Waals surface area (Å²) in [4.78, 5) is 12.0. The van der Waals surface area contributed by atoms with E-state index in [0.717, 1.165) is 17.4 Å². The van der Waals surface area contributed by atoms with Gasteiger partial charge in [0.15, 0.2) is 5.78 Å². The van der Waals surface area contributed by atoms with Crippen molar-refractivity contribution in [3.05, 3.63) is 59.7 Å². The van der Waals surface area contributed by atoms with Gasteiger partial charge in [0.25, 0.3) is 0 Å². The molecule has 21 heavy (non-hydrogen) atoms. The lowest BCUT2D eigenvalue weighted by molar-refractivity contribution is 0.104. The zero-order valence-electron chi connectivity index (χ0n) is 11.6. The van der Waals surface area contributed by atoms with E-state index < -0.39 is 0 Å². The van der Waals surface area contributed by atoms with Crippen LogP contribution < -0.4 is 4.74 Å². The highest BCUT2D eigenvalue weighted by Gasteiger charge is 2.08. The zero-order valence-corrected chi connectivity index (χ0v) is 11.6. The van der Waals surface area contributed by atoms with Crippen molar-refractivity contribution < 1.29 is 19.7 Å². The lowest BCUT2D eigenvalue weighted by Gasteiger charge is -2.03. The molecule has 2 aromatic carbocycles. The third-order valence-electron chi connectivity index (χ3n) is 2.87. The number of ketones is 1. The van der Waals surface area contributed by atoms with E-state index in [9.17, 15) is 15.0 Å². The minimum Gasteiger partial charge on any atom is -0.508 e. The summed E-state index contributed by atoms with van der Waals surface area (Å²) >= 11 is 0. The normalized spacial score (nSPS) is 10.7. The Balaban J connectivity index is 2.11. The smallest absolute Gasteiger partial charge is 0.189 e. The number of carbonyl (C=O) groups excluding carboxylic acids is 1. The highest BCUT2D eigenvalue weighted by molar-refractivity contribution is 6.08. The second kappa shape index (κ2) is 6.61. The summed E-state index contributed by atoms with van der Waals surface area (Å²) in [5, 5.41) is 18.8. The van der Waals surface area contributed by atoms with Crippen LogP contribution in [0, 0.1) is 0 Å². The fourth-order valence-electron chi connectivity index (χ4n) is 1.83. The number of allylic oxidation sites excluding steroid dienone is 1. The third-order valence-corrected chi connectivity index (χ3v) is 2.87. The number of ether oxygens (including phenoxy) is 1. The van der Waals surface area contributed by atoms with Crippen molar-refractivity contribution in [1.29, 1.82) is 0 Å². The summed E-state index contributed by atoms with van der Waals surface area (Å²) in [7, 11) is 0. The molecule has 0 atom stereocenters. The third kappa shape index (κ3) is 3.86. The van der Waals surface area contributed by atoms with Crippen molar-refractivity contribution in [1.82, 2.24) is 0 Å². The van der Waals surface area contributed by atoms with Crippen LogP contribution in [0.3, 0.4) is 0 Å². The van der Waals surface area contributed by atoms with Crippen molar-refractivity contribution in [2.75, 3.05) is 6.61 Å². The highest BCUT2D eigenvalue weighted by atomic mass is 16.5. The van der Waals surface area contributed by atoms with Crippen LogP contribution in [0.5, 0.6) is 17.2 Å². The maximum Gasteiger partial charge on any atom is 0.189 e. The van der Waals surface area contributed by atoms with Crippen molar-refractivity contribution in [2.45, 2.75) is 6.92 Å². The molecule has 0 spiro atoms. The molecule has 0 heterocycles. The number of rotatable bonds is 5. The molecular formula is C17H16O4. The first-order valence-corrected chi connectivity index (χ1v) is 6.57. The molecule has 0 aliphatic heterocycles. The first-order chi connectivity index (χ1) is 10.1. The Morgan fingerprint density at radius 2 is 1.86 bits per heavy atom. The van der Waals surface area contributed by atoms with Gasteiger partial charge in [-0.25, -0.2) is 0 Å². The second-order valence-corrected chi connectivity index (χ2v) is 4.40. The van der Waals surface area contributed by atoms with Gasteiger partial charge in [-0.1, -0.05) is 18.2 Å². The molecule has 0 saturated carbocycles. The molecule has 0 radical (unpaired) electrons. The van der Waals surface area contributed by atoms with Crippen molar-refractivity contribution in [3.8, 4) is 17.2 Å². The second-order valence-electron chi connectivity index (χ2n) is 4.40. The van der Waals surface area contributed by atoms with E-state index in [4.69, 9.17) is 4.74 Å². The van der Waals surface area contributed by atoms with Crippen LogP contribution in [0.4, 0.5) is 0 Å². The van der Waals surface area contributed by atoms with Crippen LogP contribution in [0.15, 0.2) is 48.5 Å². The Morgan fingerprint density at radius 3 is 2.48 bits per heavy atom. The van der Waals surface area contributed by atoms with Crippen LogP contribution >= 0.6 is 0 Å². The summed E-state index contributed by atoms with van der Waals surface area (Å²) in [6, 6.07) is 11.2. The molecule has 0 fully saturated rings. The molecule has 4 nitrogen and oxygen atoms in total. The predicted octanol–water partition coefficient (Wildman–Crippen LogP) is 3.39. The molecule has 0 amide bonds. The van der Waals surface area contributed by atoms with E-state index in [-0.39, 0.29) is 22.8 Å². The number of hydrogen-bond donors (Lipinski definition) is 2. The molecule has 2 rings (SSSR count). The topological polar surface area (TPSA) is 66.8 Å². The number of aromatic hydroxyl groups is 2. The number of benzene rings is 2. The molecule has 108 valence electrons. The average Bonchev–Trinajstić information content (AvgIpc) is 2.46. The van der Waals surface area contributed by atoms with E-state index in [1.807, 2.05) is 31.2 Å². The standard InChI is InChI=1S/C17H16O4/c1-2-21-14-7-3-12(4-8-14)5-10-16(19)15-9-6-13(18)11-17(15)20/h3-11,18,20H,2H2,1H3/b10-5+. The number of phenolic OH excluding ortho intramolecular Hbond substituents is 2. The molecule has 0 aliphatic carbocycles. The molecule has 4 heteroatoms. The highest BCUT2D eigenvalue weighted by Crippen LogP contribution is 2.23. The van der Waals surface area contributed by atoms with Gasteiger partial charge < -0.3 is 14.9 Å². The first kappa shape index (κ1) is 14.7. The molecule has 0 bridgehead atoms. The monoisotopic (exact) mass is 284 g/mol. The van der Waals surface area contributed by atoms with Crippen molar-refractivity contribution in [3.63, 3.8) is 0 Å². The Hall–Kier alpha value is -2.75. The zero-order chi connectivity index (χ0) is 15.2. The van der Waals surface area contributed by atoms with Gasteiger partial charge in [0, 0.05) is 6.07 Å². The van der Waals surface area contributed by atoms with E-state index >= 15 is 0 Å². The predicted molar refractivity (Wildman–Crippen MR) is 80.7 cm³/mol. The molecule has 0 unspecified atom stereocenters. The van der Waals surface area contributed by atoms with Crippen molar-refractivity contribution >= 4 is 11.9 Å². The Bertz CT molecular complexity index is 657. The van der Waals surface area contributed by atoms with Crippen LogP contribution in [0.2, 0.25) is 0 Å². The van der Waals surface area contributed by atoms with Gasteiger partial charge >= 0.3 is 0 Å². The molecule has 2 aromatic rings. The van der Waals surface area contributed by atoms with Crippen LogP contribution in [0.1, 0.15) is 22.8 Å². The van der Waals surface area contributed by atoms with Gasteiger partial charge in [-0.2, -0.15) is 0 Å². The van der Waals surface area contributed by atoms with E-state index in [2.05, 4.69) is 0 Å². The van der Waals surface area contributed by atoms with Gasteiger partial charge in [0.2, 0.25) is 0 Å². The Labute approximate surface area is 122 Å². The summed E-state index contributed by atoms with van der Waals surface area (Å²) in [6.07, 6.45) is 3.03. The maximum atomic E-state index is 12.0. The summed E-state index contributed by atoms with van der Waals surface area (Å²) in [6.45, 7) is 2.52. The lowest BCUT2D eigenvalue weighted by atomic mass is 10.1. The lowest BCUT2D eigenvalue weighted by Crippen LogP contribution is -1.94. The summed E-state index contributed by atoms with van der Waals surface area (Å²) in [5.41, 5.74) is 1.00. The summed E-state index contributed by atoms with van der Waals surface area (Å²) in [5.74, 6) is 0.120. The number of phenols is 2. The Morgan fingerprint density at radius 1 is 1.14 bits per heavy atom. The van der Waals surface area contributed by atoms with Gasteiger partial charge in [0.1, 0.15) is 17.2 Å². The SMILES string of the molecule is CCOc1ccc(/C=C/C(=O)c2ccc(O)cc2O)cc1. The van der Waals surface area contributed by atoms with Crippen LogP contribution in [-0.4, -0.2) is 22.6 Å². The van der Waals surface area contributed by atoms with Gasteiger partial charge in [-0.05, 0) is 42.8 Å². The maximum absolute atomic E-state index is 12.0. The molecule has 0 aliphatic rings.